The molecule has 2 aromatic heterocycles. The minimum atomic E-state index is -0.554. The molecule has 1 aliphatic heterocycles. The lowest BCUT2D eigenvalue weighted by molar-refractivity contribution is 0.0902. The van der Waals surface area contributed by atoms with Crippen LogP contribution in [0.4, 0.5) is 0 Å². The highest BCUT2D eigenvalue weighted by atomic mass is 16.2. The molecule has 1 atom stereocenters. The van der Waals surface area contributed by atoms with Crippen molar-refractivity contribution in [3.05, 3.63) is 74.1 Å². The highest BCUT2D eigenvalue weighted by Gasteiger charge is 2.30. The third kappa shape index (κ3) is 4.68. The molecule has 1 saturated carbocycles. The predicted octanol–water partition coefficient (Wildman–Crippen LogP) is 2.77. The summed E-state index contributed by atoms with van der Waals surface area (Å²) in [5, 5.41) is 3.38. The van der Waals surface area contributed by atoms with E-state index in [0.717, 1.165) is 57.4 Å². The maximum atomic E-state index is 13.5. The minimum Gasteiger partial charge on any atom is -0.348 e. The Labute approximate surface area is 198 Å². The van der Waals surface area contributed by atoms with Crippen molar-refractivity contribution in [2.24, 2.45) is 0 Å². The predicted molar refractivity (Wildman–Crippen MR) is 131 cm³/mol. The molecular formula is C26H31N5O3. The van der Waals surface area contributed by atoms with Gasteiger partial charge in [-0.3, -0.25) is 24.0 Å². The number of piperidine rings is 1. The van der Waals surface area contributed by atoms with Crippen molar-refractivity contribution in [3.63, 3.8) is 0 Å². The molecule has 0 radical (unpaired) electrons. The number of aryl methyl sites for hydroxylation is 1. The van der Waals surface area contributed by atoms with Crippen molar-refractivity contribution in [1.29, 1.82) is 0 Å². The molecular weight excluding hydrogens is 430 g/mol. The Hall–Kier alpha value is -3.26. The van der Waals surface area contributed by atoms with Gasteiger partial charge in [0.25, 0.3) is 11.5 Å². The van der Waals surface area contributed by atoms with E-state index in [1.54, 1.807) is 6.07 Å². The van der Waals surface area contributed by atoms with Crippen LogP contribution in [0.3, 0.4) is 0 Å². The smallest absolute Gasteiger partial charge is 0.329 e. The minimum absolute atomic E-state index is 0.00168. The summed E-state index contributed by atoms with van der Waals surface area (Å²) in [4.78, 5) is 48.2. The summed E-state index contributed by atoms with van der Waals surface area (Å²) >= 11 is 0. The number of H-pyrrole nitrogens is 1. The van der Waals surface area contributed by atoms with E-state index in [2.05, 4.69) is 32.3 Å². The van der Waals surface area contributed by atoms with Crippen LogP contribution < -0.4 is 16.6 Å². The van der Waals surface area contributed by atoms with Crippen LogP contribution in [0.15, 0.2) is 46.0 Å². The number of benzene rings is 1. The normalized spacial score (nSPS) is 18.8. The lowest BCUT2D eigenvalue weighted by atomic mass is 10.0. The molecule has 1 saturated heterocycles. The maximum absolute atomic E-state index is 13.5. The van der Waals surface area contributed by atoms with E-state index >= 15 is 0 Å². The van der Waals surface area contributed by atoms with Gasteiger partial charge < -0.3 is 5.32 Å². The molecule has 8 nitrogen and oxygen atoms in total. The van der Waals surface area contributed by atoms with Gasteiger partial charge in [-0.15, -0.1) is 0 Å². The monoisotopic (exact) mass is 461 g/mol. The van der Waals surface area contributed by atoms with E-state index in [4.69, 9.17) is 0 Å². The van der Waals surface area contributed by atoms with Crippen LogP contribution in [0.1, 0.15) is 66.6 Å². The number of nitrogens with one attached hydrogen (secondary N) is 2. The average Bonchev–Trinajstić information content (AvgIpc) is 3.67. The van der Waals surface area contributed by atoms with E-state index in [0.29, 0.717) is 17.8 Å². The molecule has 34 heavy (non-hydrogen) atoms. The van der Waals surface area contributed by atoms with Crippen LogP contribution in [0, 0.1) is 0 Å². The number of carbonyl (C=O) groups excluding carboxylic acids is 1. The molecule has 8 heteroatoms. The second-order valence-corrected chi connectivity index (χ2v) is 9.51. The summed E-state index contributed by atoms with van der Waals surface area (Å²) in [5.41, 5.74) is 1.65. The maximum Gasteiger partial charge on any atom is 0.329 e. The van der Waals surface area contributed by atoms with Gasteiger partial charge in [-0.2, -0.15) is 0 Å². The van der Waals surface area contributed by atoms with E-state index in [1.165, 1.54) is 10.1 Å². The fourth-order valence-corrected chi connectivity index (χ4v) is 4.91. The van der Waals surface area contributed by atoms with Crippen LogP contribution in [0.25, 0.3) is 11.0 Å². The lowest BCUT2D eigenvalue weighted by Crippen LogP contribution is -2.47. The van der Waals surface area contributed by atoms with Gasteiger partial charge in [-0.1, -0.05) is 37.3 Å². The fraction of sp³-hybridized carbons (Fsp3) is 0.462. The molecule has 2 fully saturated rings. The van der Waals surface area contributed by atoms with Crippen molar-refractivity contribution >= 4 is 16.9 Å². The van der Waals surface area contributed by atoms with Gasteiger partial charge in [-0.25, -0.2) is 9.78 Å². The largest absolute Gasteiger partial charge is 0.348 e. The van der Waals surface area contributed by atoms with Gasteiger partial charge in [-0.05, 0) is 50.3 Å². The zero-order valence-corrected chi connectivity index (χ0v) is 19.5. The summed E-state index contributed by atoms with van der Waals surface area (Å²) in [6.45, 7) is 5.00. The number of aromatic amines is 1. The lowest BCUT2D eigenvalue weighted by Gasteiger charge is -2.33. The van der Waals surface area contributed by atoms with Gasteiger partial charge in [0.1, 0.15) is 0 Å². The number of aromatic nitrogens is 3. The molecule has 0 bridgehead atoms. The number of hydrogen-bond acceptors (Lipinski definition) is 5. The number of hydrogen-bond donors (Lipinski definition) is 2. The van der Waals surface area contributed by atoms with Crippen LogP contribution in [0.2, 0.25) is 0 Å². The second kappa shape index (κ2) is 9.54. The summed E-state index contributed by atoms with van der Waals surface area (Å²) in [7, 11) is 0. The highest BCUT2D eigenvalue weighted by Crippen LogP contribution is 2.40. The SMILES string of the molecule is CCCn1c(=O)[nH]c(=O)c2c(C(=O)NC3CCCN(Cc4ccccc4)C3)cc(C3CC3)nc21. The van der Waals surface area contributed by atoms with Crippen LogP contribution in [-0.4, -0.2) is 44.5 Å². The molecule has 0 spiro atoms. The van der Waals surface area contributed by atoms with Crippen molar-refractivity contribution in [2.75, 3.05) is 13.1 Å². The first-order valence-electron chi connectivity index (χ1n) is 12.3. The number of pyridine rings is 1. The first kappa shape index (κ1) is 22.5. The van der Waals surface area contributed by atoms with E-state index in [1.807, 2.05) is 25.1 Å². The van der Waals surface area contributed by atoms with Crippen LogP contribution in [0.5, 0.6) is 0 Å². The summed E-state index contributed by atoms with van der Waals surface area (Å²) in [6, 6.07) is 12.1. The van der Waals surface area contributed by atoms with Gasteiger partial charge >= 0.3 is 5.69 Å². The highest BCUT2D eigenvalue weighted by molar-refractivity contribution is 6.05. The van der Waals surface area contributed by atoms with Crippen molar-refractivity contribution in [1.82, 2.24) is 24.8 Å². The van der Waals surface area contributed by atoms with Crippen LogP contribution >= 0.6 is 0 Å². The van der Waals surface area contributed by atoms with Crippen LogP contribution in [-0.2, 0) is 13.1 Å². The third-order valence-electron chi connectivity index (χ3n) is 6.75. The number of nitrogens with zero attached hydrogens (tertiary/aromatic N) is 3. The standard InChI is InChI=1S/C26H31N5O3/c1-2-12-31-23-22(25(33)29-26(31)34)20(14-21(28-23)18-10-11-18)24(32)27-19-9-6-13-30(16-19)15-17-7-4-3-5-8-17/h3-5,7-8,14,18-19H,2,6,9-13,15-16H2,1H3,(H,27,32)(H,29,33,34). The molecule has 1 amide bonds. The van der Waals surface area contributed by atoms with Gasteiger partial charge in [0.15, 0.2) is 5.65 Å². The van der Waals surface area contributed by atoms with Crippen molar-refractivity contribution in [2.45, 2.75) is 64.1 Å². The molecule has 178 valence electrons. The van der Waals surface area contributed by atoms with Gasteiger partial charge in [0.05, 0.1) is 10.9 Å². The Kier molecular flexibility index (Phi) is 6.32. The number of fused-ring (bicyclic) bond motifs is 1. The molecule has 1 aromatic carbocycles. The second-order valence-electron chi connectivity index (χ2n) is 9.51. The summed E-state index contributed by atoms with van der Waals surface area (Å²) in [5.74, 6) is 0.0181. The van der Waals surface area contributed by atoms with Crippen molar-refractivity contribution in [3.8, 4) is 0 Å². The van der Waals surface area contributed by atoms with Gasteiger partial charge in [0, 0.05) is 37.3 Å². The quantitative estimate of drug-likeness (QED) is 0.564. The zero-order chi connectivity index (χ0) is 23.7. The first-order valence-corrected chi connectivity index (χ1v) is 12.3. The number of carbonyl (C=O) groups is 1. The van der Waals surface area contributed by atoms with Crippen molar-refractivity contribution < 1.29 is 4.79 Å². The number of amides is 1. The molecule has 5 rings (SSSR count). The topological polar surface area (TPSA) is 100 Å². The number of likely N-dealkylation sites (tertiary alicyclic amines) is 1. The van der Waals surface area contributed by atoms with E-state index in [9.17, 15) is 14.4 Å². The Bertz CT molecular complexity index is 1310. The van der Waals surface area contributed by atoms with E-state index < -0.39 is 11.2 Å². The van der Waals surface area contributed by atoms with Gasteiger partial charge in [0.2, 0.25) is 0 Å². The molecule has 3 aromatic rings. The summed E-state index contributed by atoms with van der Waals surface area (Å²) in [6.07, 6.45) is 4.64. The molecule has 3 heterocycles. The molecule has 2 aliphatic rings. The zero-order valence-electron chi connectivity index (χ0n) is 19.5. The third-order valence-corrected chi connectivity index (χ3v) is 6.75. The van der Waals surface area contributed by atoms with E-state index in [-0.39, 0.29) is 23.3 Å². The summed E-state index contributed by atoms with van der Waals surface area (Å²) < 4.78 is 1.49. The first-order chi connectivity index (χ1) is 16.5. The number of rotatable bonds is 7. The molecule has 2 N–H and O–H groups in total. The fourth-order valence-electron chi connectivity index (χ4n) is 4.91. The molecule has 1 unspecified atom stereocenters. The Balaban J connectivity index is 1.44. The Morgan fingerprint density at radius 2 is 1.97 bits per heavy atom. The average molecular weight is 462 g/mol. The Morgan fingerprint density at radius 1 is 1.18 bits per heavy atom. The Morgan fingerprint density at radius 3 is 2.71 bits per heavy atom. The molecule has 1 aliphatic carbocycles.